The summed E-state index contributed by atoms with van der Waals surface area (Å²) in [5.74, 6) is -1.48. The van der Waals surface area contributed by atoms with E-state index < -0.39 is 18.1 Å². The molecule has 2 unspecified atom stereocenters. The van der Waals surface area contributed by atoms with Crippen LogP contribution in [0.15, 0.2) is 24.3 Å². The Kier molecular flexibility index (Phi) is 32.4. The molecule has 0 fully saturated rings. The fourth-order valence-electron chi connectivity index (χ4n) is 5.89. The van der Waals surface area contributed by atoms with Gasteiger partial charge in [0.05, 0.1) is 34.4 Å². The van der Waals surface area contributed by atoms with E-state index in [2.05, 4.69) is 38.2 Å². The number of likely N-dealkylation sites (N-methyl/N-ethyl adjacent to an activating group) is 1. The third kappa shape index (κ3) is 31.8. The number of allylic oxidation sites excluding steroid dienone is 4. The molecule has 0 bridgehead atoms. The third-order valence-corrected chi connectivity index (χ3v) is 9.10. The number of nitrogens with zero attached hydrogens (tertiary/aromatic N) is 1. The van der Waals surface area contributed by atoms with Gasteiger partial charge >= 0.3 is 17.9 Å². The largest absolute Gasteiger partial charge is 0.477 e. The number of carboxylic acids is 1. The van der Waals surface area contributed by atoms with E-state index in [0.717, 1.165) is 51.4 Å². The highest BCUT2D eigenvalue weighted by molar-refractivity contribution is 5.72. The normalized spacial score (nSPS) is 13.2. The number of rotatable bonds is 36. The van der Waals surface area contributed by atoms with Crippen LogP contribution in [-0.4, -0.2) is 80.6 Å². The van der Waals surface area contributed by atoms with Gasteiger partial charge in [-0.3, -0.25) is 9.59 Å². The molecule has 50 heavy (non-hydrogen) atoms. The molecule has 0 saturated carbocycles. The zero-order chi connectivity index (χ0) is 37.1. The lowest BCUT2D eigenvalue weighted by Crippen LogP contribution is -2.50. The van der Waals surface area contributed by atoms with E-state index in [0.29, 0.717) is 19.3 Å². The zero-order valence-electron chi connectivity index (χ0n) is 33.1. The fraction of sp³-hybridized carbons (Fsp3) is 0.833. The first-order valence-corrected chi connectivity index (χ1v) is 20.4. The molecule has 0 aliphatic rings. The fourth-order valence-corrected chi connectivity index (χ4v) is 5.89. The van der Waals surface area contributed by atoms with Crippen molar-refractivity contribution >= 4 is 17.9 Å². The van der Waals surface area contributed by atoms with Crippen LogP contribution in [0.3, 0.4) is 0 Å². The Morgan fingerprint density at radius 3 is 1.58 bits per heavy atom. The summed E-state index contributed by atoms with van der Waals surface area (Å²) >= 11 is 0. The van der Waals surface area contributed by atoms with Crippen molar-refractivity contribution in [3.63, 3.8) is 0 Å². The lowest BCUT2D eigenvalue weighted by molar-refractivity contribution is -0.887. The summed E-state index contributed by atoms with van der Waals surface area (Å²) in [5.41, 5.74) is 0. The number of hydrogen-bond acceptors (Lipinski definition) is 6. The summed E-state index contributed by atoms with van der Waals surface area (Å²) < 4.78 is 17.2. The van der Waals surface area contributed by atoms with Crippen molar-refractivity contribution in [1.29, 1.82) is 0 Å². The summed E-state index contributed by atoms with van der Waals surface area (Å²) in [4.78, 5) is 36.8. The van der Waals surface area contributed by atoms with Gasteiger partial charge in [0.2, 0.25) is 0 Å². The molecule has 292 valence electrons. The highest BCUT2D eigenvalue weighted by Crippen LogP contribution is 2.14. The topological polar surface area (TPSA) is 99.1 Å². The van der Waals surface area contributed by atoms with E-state index in [9.17, 15) is 19.5 Å². The van der Waals surface area contributed by atoms with Crippen LogP contribution in [0.25, 0.3) is 0 Å². The van der Waals surface area contributed by atoms with Crippen LogP contribution in [0, 0.1) is 0 Å². The van der Waals surface area contributed by atoms with Gasteiger partial charge < -0.3 is 23.8 Å². The molecule has 0 rings (SSSR count). The summed E-state index contributed by atoms with van der Waals surface area (Å²) in [5, 5.41) is 9.58. The second kappa shape index (κ2) is 33.9. The van der Waals surface area contributed by atoms with Gasteiger partial charge in [-0.15, -0.1) is 0 Å². The molecule has 0 radical (unpaired) electrons. The summed E-state index contributed by atoms with van der Waals surface area (Å²) in [6, 6.07) is -0.612. The highest BCUT2D eigenvalue weighted by atomic mass is 16.6. The minimum absolute atomic E-state index is 0.0510. The van der Waals surface area contributed by atoms with Crippen molar-refractivity contribution in [1.82, 2.24) is 0 Å². The monoisotopic (exact) mass is 709 g/mol. The zero-order valence-corrected chi connectivity index (χ0v) is 33.1. The van der Waals surface area contributed by atoms with E-state index in [4.69, 9.17) is 14.2 Å². The second-order valence-electron chi connectivity index (χ2n) is 14.9. The van der Waals surface area contributed by atoms with Crippen molar-refractivity contribution < 1.29 is 38.2 Å². The molecule has 0 aromatic rings. The van der Waals surface area contributed by atoms with Crippen LogP contribution in [0.4, 0.5) is 0 Å². The SMILES string of the molecule is CCCCC/C=C/C/C=C/CCCCCCCCCC(=O)OC(COCCC(C(=O)O)[N+](C)(C)C)COC(=O)CCCCCCCCCCC. The molecule has 0 amide bonds. The number of aliphatic carboxylic acids is 1. The number of esters is 2. The van der Waals surface area contributed by atoms with E-state index in [-0.39, 0.29) is 36.2 Å². The Morgan fingerprint density at radius 2 is 1.06 bits per heavy atom. The first kappa shape index (κ1) is 47.8. The number of unbranched alkanes of at least 4 members (excludes halogenated alkanes) is 18. The molecule has 0 aliphatic carbocycles. The Labute approximate surface area is 307 Å². The minimum Gasteiger partial charge on any atom is -0.477 e. The molecular weight excluding hydrogens is 630 g/mol. The second-order valence-corrected chi connectivity index (χ2v) is 14.9. The molecule has 0 heterocycles. The highest BCUT2D eigenvalue weighted by Gasteiger charge is 2.31. The van der Waals surface area contributed by atoms with Crippen LogP contribution in [0.1, 0.15) is 174 Å². The molecule has 1 N–H and O–H groups in total. The molecular formula is C42H78NO7+. The molecule has 8 nitrogen and oxygen atoms in total. The number of carbonyl (C=O) groups excluding carboxylic acids is 2. The van der Waals surface area contributed by atoms with Crippen LogP contribution in [0.5, 0.6) is 0 Å². The van der Waals surface area contributed by atoms with Crippen LogP contribution in [0.2, 0.25) is 0 Å². The molecule has 0 saturated heterocycles. The number of quaternary nitrogens is 1. The predicted molar refractivity (Wildman–Crippen MR) is 206 cm³/mol. The van der Waals surface area contributed by atoms with E-state index in [1.54, 1.807) is 0 Å². The average Bonchev–Trinajstić information content (AvgIpc) is 3.06. The van der Waals surface area contributed by atoms with Crippen LogP contribution < -0.4 is 0 Å². The number of carbonyl (C=O) groups is 3. The minimum atomic E-state index is -0.876. The van der Waals surface area contributed by atoms with Gasteiger partial charge in [0.15, 0.2) is 12.1 Å². The quantitative estimate of drug-likeness (QED) is 0.0299. The van der Waals surface area contributed by atoms with Crippen LogP contribution >= 0.6 is 0 Å². The van der Waals surface area contributed by atoms with E-state index in [1.165, 1.54) is 89.9 Å². The molecule has 0 aromatic carbocycles. The predicted octanol–water partition coefficient (Wildman–Crippen LogP) is 10.5. The standard InChI is InChI=1S/C42H77NO7/c1-6-8-10-12-14-16-17-18-19-20-21-22-23-25-27-29-31-33-41(45)50-38(36-48-35-34-39(42(46)47)43(3,4)5)37-49-40(44)32-30-28-26-24-15-13-11-9-7-2/h14,16,18-19,38-39H,6-13,15,17,20-37H2,1-5H3/p+1/b16-14+,19-18+. The smallest absolute Gasteiger partial charge is 0.362 e. The number of ether oxygens (including phenoxy) is 3. The van der Waals surface area contributed by atoms with Crippen molar-refractivity contribution in [2.75, 3.05) is 41.0 Å². The summed E-state index contributed by atoms with van der Waals surface area (Å²) in [7, 11) is 5.52. The average molecular weight is 709 g/mol. The molecule has 0 aliphatic heterocycles. The van der Waals surface area contributed by atoms with Crippen molar-refractivity contribution in [3.8, 4) is 0 Å². The molecule has 0 spiro atoms. The van der Waals surface area contributed by atoms with Crippen molar-refractivity contribution in [3.05, 3.63) is 24.3 Å². The maximum absolute atomic E-state index is 12.7. The Bertz CT molecular complexity index is 880. The van der Waals surface area contributed by atoms with Gasteiger partial charge in [-0.05, 0) is 44.9 Å². The van der Waals surface area contributed by atoms with E-state index >= 15 is 0 Å². The summed E-state index contributed by atoms with van der Waals surface area (Å²) in [6.45, 7) is 4.68. The summed E-state index contributed by atoms with van der Waals surface area (Å²) in [6.07, 6.45) is 35.0. The number of hydrogen-bond donors (Lipinski definition) is 1. The van der Waals surface area contributed by atoms with Crippen molar-refractivity contribution in [2.24, 2.45) is 0 Å². The van der Waals surface area contributed by atoms with Gasteiger partial charge in [-0.25, -0.2) is 4.79 Å². The van der Waals surface area contributed by atoms with Crippen LogP contribution in [-0.2, 0) is 28.6 Å². The Morgan fingerprint density at radius 1 is 0.600 bits per heavy atom. The molecule has 2 atom stereocenters. The van der Waals surface area contributed by atoms with Gasteiger partial charge in [0.25, 0.3) is 0 Å². The Balaban J connectivity index is 4.36. The first-order valence-electron chi connectivity index (χ1n) is 20.4. The third-order valence-electron chi connectivity index (χ3n) is 9.10. The maximum atomic E-state index is 12.7. The lowest BCUT2D eigenvalue weighted by Gasteiger charge is -2.31. The Hall–Kier alpha value is -2.19. The van der Waals surface area contributed by atoms with Gasteiger partial charge in [-0.1, -0.05) is 134 Å². The van der Waals surface area contributed by atoms with Gasteiger partial charge in [0.1, 0.15) is 6.61 Å². The number of carboxylic acid groups (broad SMARTS) is 1. The lowest BCUT2D eigenvalue weighted by atomic mass is 10.1. The van der Waals surface area contributed by atoms with Gasteiger partial charge in [0, 0.05) is 19.3 Å². The molecule has 8 heteroatoms. The first-order chi connectivity index (χ1) is 24.1. The van der Waals surface area contributed by atoms with E-state index in [1.807, 2.05) is 21.1 Å². The van der Waals surface area contributed by atoms with Crippen molar-refractivity contribution in [2.45, 2.75) is 187 Å². The van der Waals surface area contributed by atoms with Gasteiger partial charge in [-0.2, -0.15) is 0 Å². The molecule has 0 aromatic heterocycles. The maximum Gasteiger partial charge on any atom is 0.362 e.